The highest BCUT2D eigenvalue weighted by Crippen LogP contribution is 2.34. The second-order valence-corrected chi connectivity index (χ2v) is 11.4. The summed E-state index contributed by atoms with van der Waals surface area (Å²) in [5.74, 6) is -2.05. The lowest BCUT2D eigenvalue weighted by Crippen LogP contribution is -2.51. The van der Waals surface area contributed by atoms with Crippen LogP contribution in [0.2, 0.25) is 0 Å². The minimum absolute atomic E-state index is 0.0408. The van der Waals surface area contributed by atoms with Crippen molar-refractivity contribution in [1.82, 2.24) is 10.2 Å². The van der Waals surface area contributed by atoms with Gasteiger partial charge in [0.25, 0.3) is 5.91 Å². The molecule has 0 radical (unpaired) electrons. The van der Waals surface area contributed by atoms with E-state index in [0.29, 0.717) is 45.3 Å². The highest BCUT2D eigenvalue weighted by Gasteiger charge is 2.41. The molecule has 3 N–H and O–H groups in total. The Hall–Kier alpha value is -2.27. The normalized spacial score (nSPS) is 29.8. The summed E-state index contributed by atoms with van der Waals surface area (Å²) in [5.41, 5.74) is -0.580. The van der Waals surface area contributed by atoms with Gasteiger partial charge in [-0.05, 0) is 65.9 Å². The number of carbonyl (C=O) groups excluding carboxylic acids is 3. The maximum Gasteiger partial charge on any atom is 0.310 e. The Morgan fingerprint density at radius 2 is 2.05 bits per heavy atom. The number of morpholine rings is 1. The Morgan fingerprint density at radius 1 is 1.30 bits per heavy atom. The van der Waals surface area contributed by atoms with E-state index in [2.05, 4.69) is 5.32 Å². The summed E-state index contributed by atoms with van der Waals surface area (Å²) in [6.07, 6.45) is 6.92. The van der Waals surface area contributed by atoms with Crippen LogP contribution in [0.15, 0.2) is 23.9 Å². The first-order valence-corrected chi connectivity index (χ1v) is 13.1. The number of ether oxygens (including phenoxy) is 3. The molecule has 3 rings (SSSR count). The average molecular weight is 523 g/mol. The number of hydrogen-bond acceptors (Lipinski definition) is 8. The molecule has 1 heterocycles. The summed E-state index contributed by atoms with van der Waals surface area (Å²) >= 11 is 0. The van der Waals surface area contributed by atoms with E-state index in [4.69, 9.17) is 19.3 Å². The van der Waals surface area contributed by atoms with Gasteiger partial charge in [0.15, 0.2) is 0 Å². The number of allylic oxidation sites excluding steroid dienone is 1. The molecule has 37 heavy (non-hydrogen) atoms. The van der Waals surface area contributed by atoms with Gasteiger partial charge in [-0.1, -0.05) is 12.2 Å². The fourth-order valence-electron chi connectivity index (χ4n) is 4.91. The predicted molar refractivity (Wildman–Crippen MR) is 135 cm³/mol. The molecule has 1 aliphatic heterocycles. The Balaban J connectivity index is 1.73. The topological polar surface area (TPSA) is 135 Å². The van der Waals surface area contributed by atoms with E-state index in [-0.39, 0.29) is 31.1 Å². The zero-order valence-electron chi connectivity index (χ0n) is 22.4. The van der Waals surface area contributed by atoms with Gasteiger partial charge in [-0.15, -0.1) is 0 Å². The minimum Gasteiger partial charge on any atom is -0.460 e. The zero-order valence-corrected chi connectivity index (χ0v) is 22.4. The lowest BCUT2D eigenvalue weighted by Gasteiger charge is -2.35. The number of aliphatic hydroxyl groups excluding tert-OH is 2. The number of rotatable bonds is 8. The molecule has 0 spiro atoms. The maximum absolute atomic E-state index is 13.7. The van der Waals surface area contributed by atoms with Crippen molar-refractivity contribution in [2.45, 2.75) is 83.1 Å². The molecule has 2 aliphatic carbocycles. The largest absolute Gasteiger partial charge is 0.460 e. The molecular formula is C27H42N2O8. The van der Waals surface area contributed by atoms with E-state index in [1.165, 1.54) is 0 Å². The van der Waals surface area contributed by atoms with Crippen LogP contribution in [0.25, 0.3) is 0 Å². The smallest absolute Gasteiger partial charge is 0.310 e. The van der Waals surface area contributed by atoms with Crippen molar-refractivity contribution in [1.29, 1.82) is 0 Å². The van der Waals surface area contributed by atoms with Gasteiger partial charge >= 0.3 is 5.97 Å². The van der Waals surface area contributed by atoms with Crippen LogP contribution in [0.1, 0.15) is 59.8 Å². The van der Waals surface area contributed by atoms with Crippen molar-refractivity contribution < 1.29 is 38.8 Å². The summed E-state index contributed by atoms with van der Waals surface area (Å²) in [6, 6.07) is 0. The number of carbonyl (C=O) groups is 3. The molecule has 3 unspecified atom stereocenters. The van der Waals surface area contributed by atoms with Crippen molar-refractivity contribution >= 4 is 17.8 Å². The number of amides is 2. The van der Waals surface area contributed by atoms with Gasteiger partial charge in [-0.25, -0.2) is 0 Å². The molecule has 2 amide bonds. The number of nitrogens with one attached hydrogen (secondary N) is 1. The van der Waals surface area contributed by atoms with E-state index in [1.807, 2.05) is 25.2 Å². The Bertz CT molecular complexity index is 895. The van der Waals surface area contributed by atoms with Crippen LogP contribution in [0, 0.1) is 11.8 Å². The van der Waals surface area contributed by atoms with Crippen LogP contribution in [-0.2, 0) is 28.6 Å². The third-order valence-electron chi connectivity index (χ3n) is 6.89. The zero-order chi connectivity index (χ0) is 27.2. The number of hydrogen-bond donors (Lipinski definition) is 3. The highest BCUT2D eigenvalue weighted by molar-refractivity contribution is 5.86. The van der Waals surface area contributed by atoms with E-state index in [9.17, 15) is 19.5 Å². The monoisotopic (exact) mass is 522 g/mol. The van der Waals surface area contributed by atoms with Crippen molar-refractivity contribution in [2.24, 2.45) is 11.8 Å². The Morgan fingerprint density at radius 3 is 2.68 bits per heavy atom. The van der Waals surface area contributed by atoms with Crippen molar-refractivity contribution in [3.05, 3.63) is 23.9 Å². The van der Waals surface area contributed by atoms with E-state index in [1.54, 1.807) is 25.7 Å². The number of nitrogens with zero attached hydrogens (tertiary/aromatic N) is 1. The van der Waals surface area contributed by atoms with Crippen molar-refractivity contribution in [3.8, 4) is 0 Å². The van der Waals surface area contributed by atoms with Crippen LogP contribution in [0.3, 0.4) is 0 Å². The van der Waals surface area contributed by atoms with Crippen molar-refractivity contribution in [3.63, 3.8) is 0 Å². The second-order valence-electron chi connectivity index (χ2n) is 11.4. The first kappa shape index (κ1) is 29.3. The molecule has 1 saturated carbocycles. The first-order valence-electron chi connectivity index (χ1n) is 13.1. The third kappa shape index (κ3) is 8.36. The van der Waals surface area contributed by atoms with Gasteiger partial charge in [0.05, 0.1) is 43.3 Å². The van der Waals surface area contributed by atoms with Gasteiger partial charge in [0, 0.05) is 12.2 Å². The quantitative estimate of drug-likeness (QED) is 0.322. The molecule has 10 nitrogen and oxygen atoms in total. The van der Waals surface area contributed by atoms with E-state index >= 15 is 0 Å². The van der Waals surface area contributed by atoms with Crippen LogP contribution in [-0.4, -0.2) is 89.2 Å². The predicted octanol–water partition coefficient (Wildman–Crippen LogP) is 1.45. The highest BCUT2D eigenvalue weighted by atomic mass is 16.6. The molecule has 10 heteroatoms. The second kappa shape index (κ2) is 12.5. The number of aliphatic hydroxyl groups is 2. The fraction of sp³-hybridized carbons (Fsp3) is 0.741. The molecule has 0 bridgehead atoms. The molecule has 3 aliphatic rings. The van der Waals surface area contributed by atoms with Crippen LogP contribution in [0.5, 0.6) is 0 Å². The van der Waals surface area contributed by atoms with Crippen LogP contribution in [0.4, 0.5) is 0 Å². The summed E-state index contributed by atoms with van der Waals surface area (Å²) in [4.78, 5) is 40.7. The van der Waals surface area contributed by atoms with E-state index in [0.717, 1.165) is 5.70 Å². The Labute approximate surface area is 219 Å². The van der Waals surface area contributed by atoms with Crippen molar-refractivity contribution in [2.75, 3.05) is 33.0 Å². The van der Waals surface area contributed by atoms with Crippen LogP contribution < -0.4 is 5.32 Å². The fourth-order valence-corrected chi connectivity index (χ4v) is 4.91. The molecule has 1 saturated heterocycles. The summed E-state index contributed by atoms with van der Waals surface area (Å²) in [7, 11) is 0. The number of esters is 1. The molecule has 0 aromatic rings. The first-order chi connectivity index (χ1) is 17.4. The molecule has 0 aromatic carbocycles. The summed E-state index contributed by atoms with van der Waals surface area (Å²) < 4.78 is 16.7. The average Bonchev–Trinajstić information content (AvgIpc) is 3.05. The van der Waals surface area contributed by atoms with Gasteiger partial charge in [-0.3, -0.25) is 14.4 Å². The van der Waals surface area contributed by atoms with Gasteiger partial charge in [-0.2, -0.15) is 0 Å². The maximum atomic E-state index is 13.7. The molecule has 0 aromatic heterocycles. The van der Waals surface area contributed by atoms with Gasteiger partial charge in [0.1, 0.15) is 18.3 Å². The van der Waals surface area contributed by atoms with Gasteiger partial charge < -0.3 is 34.6 Å². The SMILES string of the molecule is CC1(NC(=O)[C@H]2C[C@@H](OCC(O)CO)CCCC2C(=O)OC(C)(C)C)C=CC(N2CCOCC2=O)=CC1. The van der Waals surface area contributed by atoms with Gasteiger partial charge in [0.2, 0.25) is 5.91 Å². The lowest BCUT2D eigenvalue weighted by molar-refractivity contribution is -0.164. The molecule has 208 valence electrons. The molecule has 5 atom stereocenters. The standard InChI is InChI=1S/C27H42N2O8/c1-26(2,3)37-25(34)21-7-5-6-20(36-16-19(31)15-30)14-22(21)24(33)28-27(4)10-8-18(9-11-27)29-12-13-35-17-23(29)32/h8-10,19-22,30-31H,5-7,11-17H2,1-4H3,(H,28,33)/t19?,20-,21?,22-,27?/m0/s1. The van der Waals surface area contributed by atoms with E-state index < -0.39 is 41.7 Å². The minimum atomic E-state index is -0.997. The Kier molecular flexibility index (Phi) is 9.91. The molecule has 2 fully saturated rings. The lowest BCUT2D eigenvalue weighted by atomic mass is 9.84. The van der Waals surface area contributed by atoms with Crippen LogP contribution >= 0.6 is 0 Å². The third-order valence-corrected chi connectivity index (χ3v) is 6.89. The summed E-state index contributed by atoms with van der Waals surface area (Å²) in [5, 5.41) is 21.9. The summed E-state index contributed by atoms with van der Waals surface area (Å²) in [6.45, 7) is 7.89. The molecular weight excluding hydrogens is 480 g/mol.